The van der Waals surface area contributed by atoms with Gasteiger partial charge in [-0.15, -0.1) is 0 Å². The Morgan fingerprint density at radius 2 is 1.83 bits per heavy atom. The van der Waals surface area contributed by atoms with Crippen LogP contribution in [-0.4, -0.2) is 29.3 Å². The number of nitrogens with one attached hydrogen (secondary N) is 2. The Labute approximate surface area is 167 Å². The quantitative estimate of drug-likeness (QED) is 0.578. The standard InChI is InChI=1S/C19H13ClF3N3O3/c20-13-6-4-11(5-7-13)8-15-17(28)26(18(29)25-15)10-16(27)24-14-3-1-2-12(9-14)19(21,22)23/h1-9H,10H2,(H,24,27)(H,25,29). The number of rotatable bonds is 4. The Hall–Kier alpha value is -3.33. The second kappa shape index (κ2) is 7.96. The van der Waals surface area contributed by atoms with Crippen molar-refractivity contribution in [2.24, 2.45) is 0 Å². The molecule has 4 amide bonds. The van der Waals surface area contributed by atoms with Crippen LogP contribution in [0.3, 0.4) is 0 Å². The predicted molar refractivity (Wildman–Crippen MR) is 99.7 cm³/mol. The van der Waals surface area contributed by atoms with Gasteiger partial charge in [-0.2, -0.15) is 13.2 Å². The van der Waals surface area contributed by atoms with Gasteiger partial charge in [0.25, 0.3) is 5.91 Å². The Morgan fingerprint density at radius 3 is 2.48 bits per heavy atom. The number of imide groups is 1. The van der Waals surface area contributed by atoms with Crippen LogP contribution in [-0.2, 0) is 15.8 Å². The first-order valence-corrected chi connectivity index (χ1v) is 8.58. The molecule has 0 spiro atoms. The summed E-state index contributed by atoms with van der Waals surface area (Å²) in [6.45, 7) is -0.654. The van der Waals surface area contributed by atoms with Crippen molar-refractivity contribution in [1.82, 2.24) is 10.2 Å². The van der Waals surface area contributed by atoms with E-state index in [1.54, 1.807) is 24.3 Å². The van der Waals surface area contributed by atoms with E-state index in [0.717, 1.165) is 18.2 Å². The number of carbonyl (C=O) groups is 3. The molecule has 1 aliphatic rings. The average Bonchev–Trinajstić information content (AvgIpc) is 2.90. The van der Waals surface area contributed by atoms with E-state index in [1.807, 2.05) is 0 Å². The summed E-state index contributed by atoms with van der Waals surface area (Å²) in [4.78, 5) is 37.2. The molecule has 1 heterocycles. The number of benzene rings is 2. The number of halogens is 4. The maximum absolute atomic E-state index is 12.7. The van der Waals surface area contributed by atoms with Crippen LogP contribution in [0.4, 0.5) is 23.7 Å². The van der Waals surface area contributed by atoms with Crippen LogP contribution in [0.15, 0.2) is 54.2 Å². The Kier molecular flexibility index (Phi) is 5.60. The maximum Gasteiger partial charge on any atom is 0.416 e. The molecule has 0 unspecified atom stereocenters. The number of hydrogen-bond acceptors (Lipinski definition) is 3. The molecule has 1 aliphatic heterocycles. The molecule has 150 valence electrons. The van der Waals surface area contributed by atoms with Gasteiger partial charge in [0, 0.05) is 10.7 Å². The number of amides is 4. The molecule has 29 heavy (non-hydrogen) atoms. The lowest BCUT2D eigenvalue weighted by Crippen LogP contribution is -2.38. The van der Waals surface area contributed by atoms with Gasteiger partial charge in [0.05, 0.1) is 5.56 Å². The van der Waals surface area contributed by atoms with E-state index in [2.05, 4.69) is 10.6 Å². The van der Waals surface area contributed by atoms with Crippen LogP contribution in [0.2, 0.25) is 5.02 Å². The fourth-order valence-corrected chi connectivity index (χ4v) is 2.68. The van der Waals surface area contributed by atoms with E-state index in [1.165, 1.54) is 12.1 Å². The lowest BCUT2D eigenvalue weighted by atomic mass is 10.2. The molecule has 10 heteroatoms. The number of carbonyl (C=O) groups excluding carboxylic acids is 3. The molecular formula is C19H13ClF3N3O3. The highest BCUT2D eigenvalue weighted by atomic mass is 35.5. The normalized spacial score (nSPS) is 15.6. The molecule has 1 saturated heterocycles. The third-order valence-electron chi connectivity index (χ3n) is 3.92. The highest BCUT2D eigenvalue weighted by Crippen LogP contribution is 2.30. The highest BCUT2D eigenvalue weighted by Gasteiger charge is 2.35. The fourth-order valence-electron chi connectivity index (χ4n) is 2.56. The molecule has 3 rings (SSSR count). The second-order valence-electron chi connectivity index (χ2n) is 6.06. The van der Waals surface area contributed by atoms with Crippen molar-refractivity contribution in [3.63, 3.8) is 0 Å². The van der Waals surface area contributed by atoms with Gasteiger partial charge in [-0.1, -0.05) is 29.8 Å². The summed E-state index contributed by atoms with van der Waals surface area (Å²) in [6.07, 6.45) is -3.14. The van der Waals surface area contributed by atoms with Crippen LogP contribution in [0.5, 0.6) is 0 Å². The van der Waals surface area contributed by atoms with Crippen molar-refractivity contribution in [2.45, 2.75) is 6.18 Å². The third-order valence-corrected chi connectivity index (χ3v) is 4.17. The van der Waals surface area contributed by atoms with Crippen molar-refractivity contribution in [2.75, 3.05) is 11.9 Å². The molecule has 0 radical (unpaired) electrons. The number of urea groups is 1. The zero-order chi connectivity index (χ0) is 21.2. The van der Waals surface area contributed by atoms with Gasteiger partial charge >= 0.3 is 12.2 Å². The lowest BCUT2D eigenvalue weighted by molar-refractivity contribution is -0.137. The van der Waals surface area contributed by atoms with Crippen LogP contribution in [0, 0.1) is 0 Å². The summed E-state index contributed by atoms with van der Waals surface area (Å²) in [5, 5.41) is 5.10. The van der Waals surface area contributed by atoms with Crippen molar-refractivity contribution < 1.29 is 27.6 Å². The topological polar surface area (TPSA) is 78.5 Å². The van der Waals surface area contributed by atoms with Crippen LogP contribution in [0.1, 0.15) is 11.1 Å². The SMILES string of the molecule is O=C(CN1C(=O)NC(=Cc2ccc(Cl)cc2)C1=O)Nc1cccc(C(F)(F)F)c1. The minimum absolute atomic E-state index is 0.0378. The summed E-state index contributed by atoms with van der Waals surface area (Å²) in [6, 6.07) is 9.70. The molecule has 1 fully saturated rings. The van der Waals surface area contributed by atoms with E-state index in [0.29, 0.717) is 15.5 Å². The molecule has 0 bridgehead atoms. The predicted octanol–water partition coefficient (Wildman–Crippen LogP) is 3.89. The average molecular weight is 424 g/mol. The van der Waals surface area contributed by atoms with Gasteiger partial charge in [-0.05, 0) is 42.0 Å². The van der Waals surface area contributed by atoms with Gasteiger partial charge in [0.15, 0.2) is 0 Å². The summed E-state index contributed by atoms with van der Waals surface area (Å²) in [5.74, 6) is -1.55. The monoisotopic (exact) mass is 423 g/mol. The first-order chi connectivity index (χ1) is 13.6. The Morgan fingerprint density at radius 1 is 1.14 bits per heavy atom. The fraction of sp³-hybridized carbons (Fsp3) is 0.105. The highest BCUT2D eigenvalue weighted by molar-refractivity contribution is 6.30. The maximum atomic E-state index is 12.7. The van der Waals surface area contributed by atoms with Gasteiger partial charge in [0.2, 0.25) is 5.91 Å². The summed E-state index contributed by atoms with van der Waals surface area (Å²) in [7, 11) is 0. The van der Waals surface area contributed by atoms with Crippen molar-refractivity contribution >= 4 is 41.2 Å². The Balaban J connectivity index is 1.68. The molecule has 2 N–H and O–H groups in total. The molecule has 6 nitrogen and oxygen atoms in total. The number of hydrogen-bond donors (Lipinski definition) is 2. The zero-order valence-electron chi connectivity index (χ0n) is 14.6. The molecule has 2 aromatic rings. The second-order valence-corrected chi connectivity index (χ2v) is 6.49. The minimum Gasteiger partial charge on any atom is -0.325 e. The molecule has 0 atom stereocenters. The summed E-state index contributed by atoms with van der Waals surface area (Å²) < 4.78 is 38.2. The summed E-state index contributed by atoms with van der Waals surface area (Å²) in [5.41, 5.74) is -0.468. The third kappa shape index (κ3) is 4.94. The first kappa shape index (κ1) is 20.4. The van der Waals surface area contributed by atoms with E-state index in [4.69, 9.17) is 11.6 Å². The molecule has 0 saturated carbocycles. The lowest BCUT2D eigenvalue weighted by Gasteiger charge is -2.13. The van der Waals surface area contributed by atoms with Crippen molar-refractivity contribution in [1.29, 1.82) is 0 Å². The number of nitrogens with zero attached hydrogens (tertiary/aromatic N) is 1. The largest absolute Gasteiger partial charge is 0.416 e. The molecule has 2 aromatic carbocycles. The first-order valence-electron chi connectivity index (χ1n) is 8.21. The number of alkyl halides is 3. The van der Waals surface area contributed by atoms with Gasteiger partial charge in [0.1, 0.15) is 12.2 Å². The molecule has 0 aromatic heterocycles. The van der Waals surface area contributed by atoms with E-state index < -0.39 is 36.1 Å². The van der Waals surface area contributed by atoms with Crippen LogP contribution >= 0.6 is 11.6 Å². The van der Waals surface area contributed by atoms with Gasteiger partial charge in [-0.25, -0.2) is 9.69 Å². The van der Waals surface area contributed by atoms with Crippen LogP contribution < -0.4 is 10.6 Å². The Bertz CT molecular complexity index is 1000. The smallest absolute Gasteiger partial charge is 0.325 e. The van der Waals surface area contributed by atoms with E-state index in [9.17, 15) is 27.6 Å². The van der Waals surface area contributed by atoms with Gasteiger partial charge < -0.3 is 10.6 Å². The van der Waals surface area contributed by atoms with E-state index >= 15 is 0 Å². The molecular weight excluding hydrogens is 411 g/mol. The molecule has 0 aliphatic carbocycles. The van der Waals surface area contributed by atoms with Gasteiger partial charge in [-0.3, -0.25) is 9.59 Å². The van der Waals surface area contributed by atoms with Crippen molar-refractivity contribution in [3.05, 3.63) is 70.4 Å². The minimum atomic E-state index is -4.56. The summed E-state index contributed by atoms with van der Waals surface area (Å²) >= 11 is 5.79. The van der Waals surface area contributed by atoms with Crippen molar-refractivity contribution in [3.8, 4) is 0 Å². The van der Waals surface area contributed by atoms with E-state index in [-0.39, 0.29) is 11.4 Å². The zero-order valence-corrected chi connectivity index (χ0v) is 15.3. The van der Waals surface area contributed by atoms with Crippen LogP contribution in [0.25, 0.3) is 6.08 Å². The number of anilines is 1.